The molecule has 0 saturated carbocycles. The van der Waals surface area contributed by atoms with Crippen molar-refractivity contribution in [2.75, 3.05) is 6.54 Å². The summed E-state index contributed by atoms with van der Waals surface area (Å²) in [7, 11) is 0. The molecule has 5 heteroatoms. The summed E-state index contributed by atoms with van der Waals surface area (Å²) in [6.45, 7) is 4.25. The second kappa shape index (κ2) is 7.97. The molecule has 0 saturated heterocycles. The zero-order chi connectivity index (χ0) is 17.7. The summed E-state index contributed by atoms with van der Waals surface area (Å²) in [4.78, 5) is 15.5. The molecule has 0 aromatic heterocycles. The van der Waals surface area contributed by atoms with Crippen molar-refractivity contribution < 1.29 is 9.90 Å². The quantitative estimate of drug-likeness (QED) is 0.618. The van der Waals surface area contributed by atoms with Gasteiger partial charge in [-0.25, -0.2) is 0 Å². The van der Waals surface area contributed by atoms with Gasteiger partial charge in [0.15, 0.2) is 0 Å². The van der Waals surface area contributed by atoms with Crippen molar-refractivity contribution in [3.63, 3.8) is 0 Å². The van der Waals surface area contributed by atoms with Crippen molar-refractivity contribution in [1.29, 1.82) is 0 Å². The molecule has 0 unspecified atom stereocenters. The van der Waals surface area contributed by atoms with Gasteiger partial charge in [-0.2, -0.15) is 0 Å². The van der Waals surface area contributed by atoms with Gasteiger partial charge in [0.1, 0.15) is 5.75 Å². The molecule has 0 atom stereocenters. The van der Waals surface area contributed by atoms with E-state index in [2.05, 4.69) is 4.99 Å². The van der Waals surface area contributed by atoms with E-state index >= 15 is 0 Å². The molecule has 0 spiro atoms. The van der Waals surface area contributed by atoms with Crippen molar-refractivity contribution >= 4 is 23.2 Å². The zero-order valence-electron chi connectivity index (χ0n) is 13.8. The van der Waals surface area contributed by atoms with Gasteiger partial charge >= 0.3 is 0 Å². The Kier molecular flexibility index (Phi) is 5.99. The fraction of sp³-hybridized carbons (Fsp3) is 0.263. The van der Waals surface area contributed by atoms with Crippen molar-refractivity contribution in [1.82, 2.24) is 0 Å². The number of benzene rings is 2. The molecule has 0 heterocycles. The van der Waals surface area contributed by atoms with Crippen LogP contribution in [-0.4, -0.2) is 23.3 Å². The minimum Gasteiger partial charge on any atom is -0.507 e. The molecule has 0 aliphatic heterocycles. The first kappa shape index (κ1) is 18.0. The Morgan fingerprint density at radius 1 is 1.21 bits per heavy atom. The molecule has 24 heavy (non-hydrogen) atoms. The third-order valence-electron chi connectivity index (χ3n) is 3.70. The highest BCUT2D eigenvalue weighted by molar-refractivity contribution is 6.31. The summed E-state index contributed by atoms with van der Waals surface area (Å²) in [5.74, 6) is -0.183. The number of primary amides is 1. The molecule has 2 rings (SSSR count). The van der Waals surface area contributed by atoms with Crippen molar-refractivity contribution in [3.05, 3.63) is 63.7 Å². The standard InChI is InChI=1S/C19H21ClN2O2/c1-12-5-7-14(8-6-12)18(22-9-3-4-17(21)23)16-11-15(20)10-13(2)19(16)24/h5-8,10-11,24H,3-4,9H2,1-2H3,(H2,21,23)/b22-18+. The van der Waals surface area contributed by atoms with E-state index in [1.807, 2.05) is 31.2 Å². The first-order valence-electron chi connectivity index (χ1n) is 7.77. The average molecular weight is 345 g/mol. The number of rotatable bonds is 6. The molecule has 2 aromatic carbocycles. The minimum absolute atomic E-state index is 0.161. The van der Waals surface area contributed by atoms with E-state index in [0.717, 1.165) is 11.1 Å². The van der Waals surface area contributed by atoms with Crippen molar-refractivity contribution in [2.45, 2.75) is 26.7 Å². The molecule has 0 fully saturated rings. The maximum Gasteiger partial charge on any atom is 0.217 e. The number of nitrogens with zero attached hydrogens (tertiary/aromatic N) is 1. The number of halogens is 1. The summed E-state index contributed by atoms with van der Waals surface area (Å²) in [5, 5.41) is 11.0. The van der Waals surface area contributed by atoms with E-state index in [4.69, 9.17) is 17.3 Å². The number of nitrogens with two attached hydrogens (primary N) is 1. The Morgan fingerprint density at radius 2 is 1.88 bits per heavy atom. The van der Waals surface area contributed by atoms with Crippen LogP contribution in [0.2, 0.25) is 5.02 Å². The monoisotopic (exact) mass is 344 g/mol. The van der Waals surface area contributed by atoms with E-state index < -0.39 is 0 Å². The number of aromatic hydroxyl groups is 1. The molecule has 0 bridgehead atoms. The summed E-state index contributed by atoms with van der Waals surface area (Å²) in [6.07, 6.45) is 0.843. The number of aryl methyl sites for hydroxylation is 2. The number of amides is 1. The third-order valence-corrected chi connectivity index (χ3v) is 3.91. The molecule has 2 aromatic rings. The SMILES string of the molecule is Cc1ccc(/C(=N\CCCC(N)=O)c2cc(Cl)cc(C)c2O)cc1. The average Bonchev–Trinajstić information content (AvgIpc) is 2.52. The van der Waals surface area contributed by atoms with Crippen LogP contribution in [0.5, 0.6) is 5.75 Å². The smallest absolute Gasteiger partial charge is 0.217 e. The predicted octanol–water partition coefficient (Wildman–Crippen LogP) is 3.77. The fourth-order valence-electron chi connectivity index (χ4n) is 2.40. The van der Waals surface area contributed by atoms with Crippen LogP contribution in [0.4, 0.5) is 0 Å². The predicted molar refractivity (Wildman–Crippen MR) is 98.0 cm³/mol. The highest BCUT2D eigenvalue weighted by atomic mass is 35.5. The van der Waals surface area contributed by atoms with Crippen LogP contribution in [0.25, 0.3) is 0 Å². The summed E-state index contributed by atoms with van der Waals surface area (Å²) in [6, 6.07) is 11.3. The Hall–Kier alpha value is -2.33. The lowest BCUT2D eigenvalue weighted by Gasteiger charge is -2.12. The van der Waals surface area contributed by atoms with Gasteiger partial charge in [-0.3, -0.25) is 9.79 Å². The lowest BCUT2D eigenvalue weighted by Crippen LogP contribution is -2.11. The van der Waals surface area contributed by atoms with Crippen LogP contribution in [0.1, 0.15) is 35.1 Å². The number of carbonyl (C=O) groups is 1. The maximum atomic E-state index is 10.9. The second-order valence-electron chi connectivity index (χ2n) is 5.79. The second-order valence-corrected chi connectivity index (χ2v) is 6.22. The number of aliphatic imine (C=N–C) groups is 1. The number of phenols is 1. The summed E-state index contributed by atoms with van der Waals surface area (Å²) >= 11 is 6.15. The maximum absolute atomic E-state index is 10.9. The van der Waals surface area contributed by atoms with Crippen LogP contribution in [0.3, 0.4) is 0 Å². The Bertz CT molecular complexity index is 768. The van der Waals surface area contributed by atoms with E-state index in [-0.39, 0.29) is 18.1 Å². The summed E-state index contributed by atoms with van der Waals surface area (Å²) < 4.78 is 0. The zero-order valence-corrected chi connectivity index (χ0v) is 14.6. The number of carbonyl (C=O) groups excluding carboxylic acids is 1. The largest absolute Gasteiger partial charge is 0.507 e. The number of phenolic OH excluding ortho intramolecular Hbond substituents is 1. The normalized spacial score (nSPS) is 11.5. The molecule has 0 aliphatic rings. The first-order chi connectivity index (χ1) is 11.4. The van der Waals surface area contributed by atoms with Gasteiger partial charge < -0.3 is 10.8 Å². The lowest BCUT2D eigenvalue weighted by atomic mass is 9.98. The van der Waals surface area contributed by atoms with Crippen LogP contribution >= 0.6 is 11.6 Å². The lowest BCUT2D eigenvalue weighted by molar-refractivity contribution is -0.118. The molecular formula is C19H21ClN2O2. The third kappa shape index (κ3) is 4.59. The summed E-state index contributed by atoms with van der Waals surface area (Å²) in [5.41, 5.74) is 9.12. The van der Waals surface area contributed by atoms with E-state index in [1.165, 1.54) is 0 Å². The van der Waals surface area contributed by atoms with E-state index in [9.17, 15) is 9.90 Å². The fourth-order valence-corrected chi connectivity index (χ4v) is 2.68. The molecule has 0 radical (unpaired) electrons. The van der Waals surface area contributed by atoms with Crippen molar-refractivity contribution in [3.8, 4) is 5.75 Å². The topological polar surface area (TPSA) is 75.7 Å². The van der Waals surface area contributed by atoms with E-state index in [1.54, 1.807) is 19.1 Å². The highest BCUT2D eigenvalue weighted by Gasteiger charge is 2.14. The van der Waals surface area contributed by atoms with Crippen molar-refractivity contribution in [2.24, 2.45) is 10.7 Å². The Labute approximate surface area is 147 Å². The molecule has 126 valence electrons. The Morgan fingerprint density at radius 3 is 2.50 bits per heavy atom. The van der Waals surface area contributed by atoms with Gasteiger partial charge in [-0.05, 0) is 38.0 Å². The Balaban J connectivity index is 2.45. The van der Waals surface area contributed by atoms with E-state index in [0.29, 0.717) is 34.8 Å². The number of hydrogen-bond donors (Lipinski definition) is 2. The minimum atomic E-state index is -0.344. The van der Waals surface area contributed by atoms with Crippen LogP contribution in [-0.2, 0) is 4.79 Å². The van der Waals surface area contributed by atoms with Crippen LogP contribution < -0.4 is 5.73 Å². The molecule has 1 amide bonds. The van der Waals surface area contributed by atoms with Gasteiger partial charge in [-0.1, -0.05) is 41.4 Å². The van der Waals surface area contributed by atoms with Gasteiger partial charge in [0.2, 0.25) is 5.91 Å². The molecular weight excluding hydrogens is 324 g/mol. The van der Waals surface area contributed by atoms with Crippen LogP contribution in [0.15, 0.2) is 41.4 Å². The van der Waals surface area contributed by atoms with Gasteiger partial charge in [0, 0.05) is 29.1 Å². The molecule has 0 aliphatic carbocycles. The van der Waals surface area contributed by atoms with Gasteiger partial charge in [-0.15, -0.1) is 0 Å². The molecule has 4 nitrogen and oxygen atoms in total. The van der Waals surface area contributed by atoms with Crippen LogP contribution in [0, 0.1) is 13.8 Å². The van der Waals surface area contributed by atoms with Gasteiger partial charge in [0.25, 0.3) is 0 Å². The molecule has 3 N–H and O–H groups in total. The number of hydrogen-bond acceptors (Lipinski definition) is 3. The highest BCUT2D eigenvalue weighted by Crippen LogP contribution is 2.29. The first-order valence-corrected chi connectivity index (χ1v) is 8.15. The van der Waals surface area contributed by atoms with Gasteiger partial charge in [0.05, 0.1) is 5.71 Å².